The summed E-state index contributed by atoms with van der Waals surface area (Å²) in [6.07, 6.45) is 3.10. The van der Waals surface area contributed by atoms with Crippen molar-refractivity contribution in [2.75, 3.05) is 37.7 Å². The zero-order valence-electron chi connectivity index (χ0n) is 17.8. The summed E-state index contributed by atoms with van der Waals surface area (Å²) in [6.45, 7) is 8.02. The van der Waals surface area contributed by atoms with Crippen molar-refractivity contribution in [3.63, 3.8) is 0 Å². The van der Waals surface area contributed by atoms with E-state index >= 15 is 0 Å². The van der Waals surface area contributed by atoms with Crippen LogP contribution >= 0.6 is 11.3 Å². The maximum atomic E-state index is 13.0. The Labute approximate surface area is 182 Å². The first-order valence-electron chi connectivity index (χ1n) is 10.8. The van der Waals surface area contributed by atoms with Gasteiger partial charge < -0.3 is 14.5 Å². The predicted molar refractivity (Wildman–Crippen MR) is 124 cm³/mol. The van der Waals surface area contributed by atoms with Crippen LogP contribution in [-0.2, 0) is 6.42 Å². The second-order valence-electron chi connectivity index (χ2n) is 7.62. The quantitative estimate of drug-likeness (QED) is 0.502. The third kappa shape index (κ3) is 4.43. The molecule has 0 atom stereocenters. The molecule has 3 aromatic rings. The standard InChI is InChI=1S/C24H29N3O2S/c1-3-5-16-29-20-10-6-9-19(17-20)23(28)26-12-14-27(15-13-26)24-25-22-18(4-2)8-7-11-21(22)30-24/h6-11,17H,3-5,12-16H2,1-2H3. The molecule has 0 aliphatic carbocycles. The number of hydrogen-bond donors (Lipinski definition) is 0. The molecule has 0 unspecified atom stereocenters. The first-order chi connectivity index (χ1) is 14.7. The number of ether oxygens (including phenoxy) is 1. The van der Waals surface area contributed by atoms with Gasteiger partial charge in [-0.25, -0.2) is 4.98 Å². The van der Waals surface area contributed by atoms with Crippen LogP contribution in [0.15, 0.2) is 42.5 Å². The second-order valence-corrected chi connectivity index (χ2v) is 8.63. The molecular formula is C24H29N3O2S. The number of piperazine rings is 1. The highest BCUT2D eigenvalue weighted by Gasteiger charge is 2.24. The normalized spacial score (nSPS) is 14.3. The van der Waals surface area contributed by atoms with Gasteiger partial charge in [-0.05, 0) is 42.7 Å². The molecule has 1 aliphatic heterocycles. The van der Waals surface area contributed by atoms with Crippen LogP contribution in [0.2, 0.25) is 0 Å². The molecule has 1 saturated heterocycles. The maximum Gasteiger partial charge on any atom is 0.254 e. The van der Waals surface area contributed by atoms with Crippen molar-refractivity contribution in [3.8, 4) is 5.75 Å². The molecule has 4 rings (SSSR count). The Hall–Kier alpha value is -2.60. The van der Waals surface area contributed by atoms with Gasteiger partial charge in [0.2, 0.25) is 0 Å². The molecule has 1 aromatic heterocycles. The number of aryl methyl sites for hydroxylation is 1. The first-order valence-corrected chi connectivity index (χ1v) is 11.7. The average molecular weight is 424 g/mol. The van der Waals surface area contributed by atoms with E-state index < -0.39 is 0 Å². The van der Waals surface area contributed by atoms with Gasteiger partial charge >= 0.3 is 0 Å². The van der Waals surface area contributed by atoms with Crippen molar-refractivity contribution < 1.29 is 9.53 Å². The highest BCUT2D eigenvalue weighted by molar-refractivity contribution is 7.22. The van der Waals surface area contributed by atoms with Gasteiger partial charge in [-0.1, -0.05) is 49.8 Å². The van der Waals surface area contributed by atoms with Gasteiger partial charge in [-0.15, -0.1) is 0 Å². The minimum Gasteiger partial charge on any atom is -0.494 e. The summed E-state index contributed by atoms with van der Waals surface area (Å²) < 4.78 is 7.00. The molecule has 6 heteroatoms. The fourth-order valence-corrected chi connectivity index (χ4v) is 4.82. The van der Waals surface area contributed by atoms with Gasteiger partial charge in [0.1, 0.15) is 5.75 Å². The summed E-state index contributed by atoms with van der Waals surface area (Å²) in [5, 5.41) is 1.06. The topological polar surface area (TPSA) is 45.7 Å². The smallest absolute Gasteiger partial charge is 0.254 e. The number of para-hydroxylation sites is 1. The number of carbonyl (C=O) groups excluding carboxylic acids is 1. The van der Waals surface area contributed by atoms with Crippen LogP contribution in [0.5, 0.6) is 5.75 Å². The largest absolute Gasteiger partial charge is 0.494 e. The van der Waals surface area contributed by atoms with E-state index in [-0.39, 0.29) is 5.91 Å². The zero-order chi connectivity index (χ0) is 20.9. The molecule has 0 N–H and O–H groups in total. The Morgan fingerprint density at radius 3 is 2.67 bits per heavy atom. The number of hydrogen-bond acceptors (Lipinski definition) is 5. The van der Waals surface area contributed by atoms with Crippen molar-refractivity contribution in [3.05, 3.63) is 53.6 Å². The highest BCUT2D eigenvalue weighted by atomic mass is 32.1. The molecule has 2 aromatic carbocycles. The van der Waals surface area contributed by atoms with E-state index in [4.69, 9.17) is 9.72 Å². The van der Waals surface area contributed by atoms with Crippen LogP contribution in [0.25, 0.3) is 10.2 Å². The van der Waals surface area contributed by atoms with Crippen LogP contribution in [-0.4, -0.2) is 48.6 Å². The molecule has 0 spiro atoms. The summed E-state index contributed by atoms with van der Waals surface area (Å²) >= 11 is 1.75. The van der Waals surface area contributed by atoms with Gasteiger partial charge in [-0.2, -0.15) is 0 Å². The third-order valence-electron chi connectivity index (χ3n) is 5.56. The lowest BCUT2D eigenvalue weighted by Gasteiger charge is -2.34. The number of anilines is 1. The van der Waals surface area contributed by atoms with Gasteiger partial charge in [-0.3, -0.25) is 4.79 Å². The van der Waals surface area contributed by atoms with E-state index in [0.717, 1.165) is 48.7 Å². The number of aromatic nitrogens is 1. The van der Waals surface area contributed by atoms with Gasteiger partial charge in [0.05, 0.1) is 16.8 Å². The van der Waals surface area contributed by atoms with Crippen LogP contribution in [0.4, 0.5) is 5.13 Å². The number of nitrogens with zero attached hydrogens (tertiary/aromatic N) is 3. The van der Waals surface area contributed by atoms with Gasteiger partial charge in [0.25, 0.3) is 5.91 Å². The molecule has 5 nitrogen and oxygen atoms in total. The summed E-state index contributed by atoms with van der Waals surface area (Å²) in [5.74, 6) is 0.849. The fourth-order valence-electron chi connectivity index (χ4n) is 3.75. The molecule has 2 heterocycles. The lowest BCUT2D eigenvalue weighted by atomic mass is 10.1. The summed E-state index contributed by atoms with van der Waals surface area (Å²) in [4.78, 5) is 22.1. The fraction of sp³-hybridized carbons (Fsp3) is 0.417. The van der Waals surface area contributed by atoms with E-state index in [0.29, 0.717) is 25.3 Å². The number of thiazole rings is 1. The molecule has 1 amide bonds. The number of amides is 1. The van der Waals surface area contributed by atoms with E-state index in [9.17, 15) is 4.79 Å². The lowest BCUT2D eigenvalue weighted by Crippen LogP contribution is -2.48. The molecule has 30 heavy (non-hydrogen) atoms. The predicted octanol–water partition coefficient (Wildman–Crippen LogP) is 5.00. The van der Waals surface area contributed by atoms with Crippen molar-refractivity contribution >= 4 is 32.6 Å². The average Bonchev–Trinajstić information content (AvgIpc) is 3.23. The van der Waals surface area contributed by atoms with E-state index in [1.807, 2.05) is 29.2 Å². The zero-order valence-corrected chi connectivity index (χ0v) is 18.6. The third-order valence-corrected chi connectivity index (χ3v) is 6.64. The molecule has 1 aliphatic rings. The molecule has 1 fully saturated rings. The maximum absolute atomic E-state index is 13.0. The van der Waals surface area contributed by atoms with E-state index in [2.05, 4.69) is 36.9 Å². The van der Waals surface area contributed by atoms with Crippen molar-refractivity contribution in [2.45, 2.75) is 33.1 Å². The summed E-state index contributed by atoms with van der Waals surface area (Å²) in [6, 6.07) is 14.0. The van der Waals surface area contributed by atoms with Gasteiger partial charge in [0.15, 0.2) is 5.13 Å². The Morgan fingerprint density at radius 2 is 1.90 bits per heavy atom. The van der Waals surface area contributed by atoms with Crippen LogP contribution in [0, 0.1) is 0 Å². The van der Waals surface area contributed by atoms with Crippen molar-refractivity contribution in [2.24, 2.45) is 0 Å². The number of benzene rings is 2. The minimum absolute atomic E-state index is 0.0770. The van der Waals surface area contributed by atoms with Crippen LogP contribution in [0.3, 0.4) is 0 Å². The van der Waals surface area contributed by atoms with Crippen LogP contribution < -0.4 is 9.64 Å². The number of carbonyl (C=O) groups is 1. The number of fused-ring (bicyclic) bond motifs is 1. The molecule has 0 radical (unpaired) electrons. The Kier molecular flexibility index (Phi) is 6.53. The first kappa shape index (κ1) is 20.7. The molecular weight excluding hydrogens is 394 g/mol. The lowest BCUT2D eigenvalue weighted by molar-refractivity contribution is 0.0746. The highest BCUT2D eigenvalue weighted by Crippen LogP contribution is 2.31. The molecule has 0 saturated carbocycles. The molecule has 0 bridgehead atoms. The monoisotopic (exact) mass is 423 g/mol. The van der Waals surface area contributed by atoms with E-state index in [1.165, 1.54) is 10.3 Å². The Balaban J connectivity index is 1.40. The SMILES string of the molecule is CCCCOc1cccc(C(=O)N2CCN(c3nc4c(CC)cccc4s3)CC2)c1. The second kappa shape index (κ2) is 9.47. The van der Waals surface area contributed by atoms with E-state index in [1.54, 1.807) is 11.3 Å². The summed E-state index contributed by atoms with van der Waals surface area (Å²) in [5.41, 5.74) is 3.12. The Bertz CT molecular complexity index is 1010. The minimum atomic E-state index is 0.0770. The Morgan fingerprint density at radius 1 is 1.10 bits per heavy atom. The number of unbranched alkanes of at least 4 members (excludes halogenated alkanes) is 1. The van der Waals surface area contributed by atoms with Gasteiger partial charge in [0, 0.05) is 31.7 Å². The number of rotatable bonds is 7. The van der Waals surface area contributed by atoms with Crippen molar-refractivity contribution in [1.82, 2.24) is 9.88 Å². The van der Waals surface area contributed by atoms with Crippen LogP contribution in [0.1, 0.15) is 42.6 Å². The summed E-state index contributed by atoms with van der Waals surface area (Å²) in [7, 11) is 0. The van der Waals surface area contributed by atoms with Crippen molar-refractivity contribution in [1.29, 1.82) is 0 Å². The molecule has 158 valence electrons.